The van der Waals surface area contributed by atoms with Crippen molar-refractivity contribution >= 4 is 0 Å². The van der Waals surface area contributed by atoms with Crippen molar-refractivity contribution < 1.29 is 4.74 Å². The van der Waals surface area contributed by atoms with Gasteiger partial charge in [0.05, 0.1) is 11.9 Å². The monoisotopic (exact) mass is 263 g/mol. The molecule has 1 unspecified atom stereocenters. The molecule has 1 saturated heterocycles. The normalized spacial score (nSPS) is 17.6. The molecule has 1 atom stereocenters. The number of rotatable bonds is 7. The minimum Gasteiger partial charge on any atom is -0.491 e. The fourth-order valence-corrected chi connectivity index (χ4v) is 2.54. The van der Waals surface area contributed by atoms with E-state index in [4.69, 9.17) is 4.74 Å². The third-order valence-corrected chi connectivity index (χ3v) is 3.75. The smallest absolute Gasteiger partial charge is 0.137 e. The fourth-order valence-electron chi connectivity index (χ4n) is 2.54. The summed E-state index contributed by atoms with van der Waals surface area (Å²) in [5.41, 5.74) is 1.08. The average molecular weight is 263 g/mol. The SMILES string of the molecule is CCC(NC)c1ccc(OCCN2CCCC2)cn1. The Morgan fingerprint density at radius 1 is 1.37 bits per heavy atom. The summed E-state index contributed by atoms with van der Waals surface area (Å²) in [5.74, 6) is 0.869. The molecule has 0 aromatic carbocycles. The molecule has 0 aliphatic carbocycles. The largest absolute Gasteiger partial charge is 0.491 e. The number of hydrogen-bond donors (Lipinski definition) is 1. The fraction of sp³-hybridized carbons (Fsp3) is 0.667. The molecule has 2 heterocycles. The third kappa shape index (κ3) is 4.18. The van der Waals surface area contributed by atoms with Gasteiger partial charge in [-0.3, -0.25) is 9.88 Å². The Morgan fingerprint density at radius 3 is 2.74 bits per heavy atom. The van der Waals surface area contributed by atoms with Crippen LogP contribution < -0.4 is 10.1 Å². The van der Waals surface area contributed by atoms with E-state index in [-0.39, 0.29) is 0 Å². The molecule has 1 N–H and O–H groups in total. The summed E-state index contributed by atoms with van der Waals surface area (Å²) in [6.07, 6.45) is 5.54. The summed E-state index contributed by atoms with van der Waals surface area (Å²) in [6, 6.07) is 4.40. The van der Waals surface area contributed by atoms with Gasteiger partial charge in [0.15, 0.2) is 0 Å². The van der Waals surface area contributed by atoms with E-state index >= 15 is 0 Å². The van der Waals surface area contributed by atoms with Crippen LogP contribution in [-0.4, -0.2) is 43.2 Å². The summed E-state index contributed by atoms with van der Waals surface area (Å²) in [6.45, 7) is 6.38. The van der Waals surface area contributed by atoms with Crippen LogP contribution in [0.5, 0.6) is 5.75 Å². The Morgan fingerprint density at radius 2 is 2.16 bits per heavy atom. The zero-order valence-electron chi connectivity index (χ0n) is 12.1. The summed E-state index contributed by atoms with van der Waals surface area (Å²) >= 11 is 0. The van der Waals surface area contributed by atoms with Crippen molar-refractivity contribution in [2.75, 3.05) is 33.3 Å². The number of hydrogen-bond acceptors (Lipinski definition) is 4. The van der Waals surface area contributed by atoms with Gasteiger partial charge in [0.2, 0.25) is 0 Å². The molecule has 0 amide bonds. The van der Waals surface area contributed by atoms with Gasteiger partial charge in [-0.1, -0.05) is 6.92 Å². The van der Waals surface area contributed by atoms with Crippen molar-refractivity contribution in [3.8, 4) is 5.75 Å². The zero-order chi connectivity index (χ0) is 13.5. The van der Waals surface area contributed by atoms with Crippen LogP contribution in [0.4, 0.5) is 0 Å². The lowest BCUT2D eigenvalue weighted by Crippen LogP contribution is -2.25. The average Bonchev–Trinajstić information content (AvgIpc) is 2.95. The van der Waals surface area contributed by atoms with Crippen LogP contribution in [-0.2, 0) is 0 Å². The number of pyridine rings is 1. The second-order valence-corrected chi connectivity index (χ2v) is 5.07. The van der Waals surface area contributed by atoms with Gasteiger partial charge in [-0.05, 0) is 51.5 Å². The maximum absolute atomic E-state index is 5.75. The highest BCUT2D eigenvalue weighted by molar-refractivity contribution is 5.21. The summed E-state index contributed by atoms with van der Waals surface area (Å²) < 4.78 is 5.75. The first-order chi connectivity index (χ1) is 9.33. The minimum absolute atomic E-state index is 0.332. The molecule has 1 aromatic heterocycles. The van der Waals surface area contributed by atoms with Gasteiger partial charge in [-0.25, -0.2) is 0 Å². The summed E-state index contributed by atoms with van der Waals surface area (Å²) in [7, 11) is 1.97. The lowest BCUT2D eigenvalue weighted by atomic mass is 10.1. The van der Waals surface area contributed by atoms with Gasteiger partial charge in [0.1, 0.15) is 12.4 Å². The molecule has 1 aliphatic heterocycles. The van der Waals surface area contributed by atoms with E-state index in [1.807, 2.05) is 19.3 Å². The van der Waals surface area contributed by atoms with Crippen molar-refractivity contribution in [3.63, 3.8) is 0 Å². The van der Waals surface area contributed by atoms with Gasteiger partial charge in [-0.2, -0.15) is 0 Å². The van der Waals surface area contributed by atoms with E-state index in [1.165, 1.54) is 25.9 Å². The maximum atomic E-state index is 5.75. The highest BCUT2D eigenvalue weighted by atomic mass is 16.5. The molecule has 1 fully saturated rings. The van der Waals surface area contributed by atoms with Crippen LogP contribution in [0.3, 0.4) is 0 Å². The molecule has 4 nitrogen and oxygen atoms in total. The van der Waals surface area contributed by atoms with Crippen molar-refractivity contribution in [2.24, 2.45) is 0 Å². The highest BCUT2D eigenvalue weighted by Gasteiger charge is 2.11. The van der Waals surface area contributed by atoms with Gasteiger partial charge < -0.3 is 10.1 Å². The molecule has 0 radical (unpaired) electrons. The van der Waals surface area contributed by atoms with E-state index in [0.29, 0.717) is 6.04 Å². The predicted molar refractivity (Wildman–Crippen MR) is 77.5 cm³/mol. The van der Waals surface area contributed by atoms with Crippen LogP contribution in [0, 0.1) is 0 Å². The van der Waals surface area contributed by atoms with Gasteiger partial charge >= 0.3 is 0 Å². The quantitative estimate of drug-likeness (QED) is 0.818. The first kappa shape index (κ1) is 14.3. The lowest BCUT2D eigenvalue weighted by molar-refractivity contribution is 0.237. The van der Waals surface area contributed by atoms with Crippen LogP contribution in [0.15, 0.2) is 18.3 Å². The highest BCUT2D eigenvalue weighted by Crippen LogP contribution is 2.17. The first-order valence-corrected chi connectivity index (χ1v) is 7.32. The number of ether oxygens (including phenoxy) is 1. The topological polar surface area (TPSA) is 37.4 Å². The van der Waals surface area contributed by atoms with Gasteiger partial charge in [0.25, 0.3) is 0 Å². The zero-order valence-corrected chi connectivity index (χ0v) is 12.1. The summed E-state index contributed by atoms with van der Waals surface area (Å²) in [4.78, 5) is 6.92. The first-order valence-electron chi connectivity index (χ1n) is 7.32. The van der Waals surface area contributed by atoms with E-state index < -0.39 is 0 Å². The van der Waals surface area contributed by atoms with Crippen LogP contribution in [0.1, 0.15) is 37.9 Å². The Balaban J connectivity index is 1.77. The number of aromatic nitrogens is 1. The maximum Gasteiger partial charge on any atom is 0.137 e. The summed E-state index contributed by atoms with van der Waals surface area (Å²) in [5, 5.41) is 3.26. The van der Waals surface area contributed by atoms with Crippen molar-refractivity contribution in [3.05, 3.63) is 24.0 Å². The van der Waals surface area contributed by atoms with Crippen LogP contribution >= 0.6 is 0 Å². The minimum atomic E-state index is 0.332. The molecular formula is C15H25N3O. The molecule has 1 aromatic rings. The molecule has 0 spiro atoms. The molecular weight excluding hydrogens is 238 g/mol. The number of nitrogens with zero attached hydrogens (tertiary/aromatic N) is 2. The Hall–Kier alpha value is -1.13. The van der Waals surface area contributed by atoms with Crippen molar-refractivity contribution in [2.45, 2.75) is 32.2 Å². The molecule has 19 heavy (non-hydrogen) atoms. The lowest BCUT2D eigenvalue weighted by Gasteiger charge is -2.16. The van der Waals surface area contributed by atoms with Crippen molar-refractivity contribution in [1.29, 1.82) is 0 Å². The second kappa shape index (κ2) is 7.46. The van der Waals surface area contributed by atoms with Gasteiger partial charge in [0, 0.05) is 12.6 Å². The van der Waals surface area contributed by atoms with E-state index in [9.17, 15) is 0 Å². The standard InChI is InChI=1S/C15H25N3O/c1-3-14(16-2)15-7-6-13(12-17-15)19-11-10-18-8-4-5-9-18/h6-7,12,14,16H,3-5,8-11H2,1-2H3. The molecule has 0 saturated carbocycles. The molecule has 4 heteroatoms. The van der Waals surface area contributed by atoms with Crippen LogP contribution in [0.25, 0.3) is 0 Å². The second-order valence-electron chi connectivity index (χ2n) is 5.07. The molecule has 2 rings (SSSR count). The molecule has 0 bridgehead atoms. The van der Waals surface area contributed by atoms with Crippen LogP contribution in [0.2, 0.25) is 0 Å². The molecule has 1 aliphatic rings. The number of nitrogens with one attached hydrogen (secondary N) is 1. The van der Waals surface area contributed by atoms with Gasteiger partial charge in [-0.15, -0.1) is 0 Å². The van der Waals surface area contributed by atoms with E-state index in [1.54, 1.807) is 0 Å². The van der Waals surface area contributed by atoms with E-state index in [0.717, 1.165) is 31.0 Å². The Bertz CT molecular complexity index is 356. The third-order valence-electron chi connectivity index (χ3n) is 3.75. The Labute approximate surface area is 116 Å². The van der Waals surface area contributed by atoms with Crippen molar-refractivity contribution in [1.82, 2.24) is 15.2 Å². The van der Waals surface area contributed by atoms with E-state index in [2.05, 4.69) is 28.2 Å². The molecule has 106 valence electrons. The predicted octanol–water partition coefficient (Wildman–Crippen LogP) is 2.23. The Kier molecular flexibility index (Phi) is 5.61. The number of likely N-dealkylation sites (tertiary alicyclic amines) is 1.